The maximum atomic E-state index is 13.8. The molecule has 0 aliphatic heterocycles. The second-order valence-corrected chi connectivity index (χ2v) is 16.2. The summed E-state index contributed by atoms with van der Waals surface area (Å²) in [6, 6.07) is 7.53. The van der Waals surface area contributed by atoms with Crippen LogP contribution in [0.25, 0.3) is 11.3 Å². The van der Waals surface area contributed by atoms with Crippen LogP contribution < -0.4 is 5.32 Å². The summed E-state index contributed by atoms with van der Waals surface area (Å²) >= 11 is 0. The summed E-state index contributed by atoms with van der Waals surface area (Å²) < 4.78 is 31.2. The predicted octanol–water partition coefficient (Wildman–Crippen LogP) is 6.26. The number of aromatic nitrogens is 1. The summed E-state index contributed by atoms with van der Waals surface area (Å²) in [6.45, 7) is 18.0. The number of rotatable bonds is 8. The zero-order valence-electron chi connectivity index (χ0n) is 26.3. The Hall–Kier alpha value is -2.16. The first kappa shape index (κ1) is 32.4. The molecule has 1 saturated carbocycles. The Morgan fingerprint density at radius 3 is 2.15 bits per heavy atom. The third-order valence-electron chi connectivity index (χ3n) is 8.12. The van der Waals surface area contributed by atoms with Crippen molar-refractivity contribution in [3.8, 4) is 11.3 Å². The van der Waals surface area contributed by atoms with Crippen LogP contribution in [-0.4, -0.2) is 53.0 Å². The Labute approximate surface area is 242 Å². The Morgan fingerprint density at radius 1 is 1.02 bits per heavy atom. The van der Waals surface area contributed by atoms with Gasteiger partial charge in [-0.3, -0.25) is 4.79 Å². The van der Waals surface area contributed by atoms with E-state index in [1.54, 1.807) is 27.0 Å². The molecule has 1 amide bonds. The number of sulfonamides is 1. The molecule has 1 aliphatic carbocycles. The molecule has 0 atom stereocenters. The summed E-state index contributed by atoms with van der Waals surface area (Å²) in [5.41, 5.74) is 2.01. The fraction of sp³-hybridized carbons (Fsp3) is 0.656. The van der Waals surface area contributed by atoms with E-state index in [0.717, 1.165) is 29.1 Å². The molecule has 7 nitrogen and oxygen atoms in total. The Bertz CT molecular complexity index is 1320. The number of amides is 1. The molecule has 0 radical (unpaired) electrons. The SMILES string of the molecule is Cc1c(C(=O)NCC(C)(C)O)cc(-c2ccc(S(=O)(=O)N(C)C(C)(C)C)c(C(C)(C)C)c2)n1CC1CCCCC1. The molecule has 8 heteroatoms. The highest BCUT2D eigenvalue weighted by Crippen LogP contribution is 2.37. The molecule has 0 spiro atoms. The van der Waals surface area contributed by atoms with Crippen molar-refractivity contribution in [1.29, 1.82) is 0 Å². The first-order valence-electron chi connectivity index (χ1n) is 14.6. The van der Waals surface area contributed by atoms with Crippen LogP contribution in [-0.2, 0) is 22.0 Å². The average molecular weight is 574 g/mol. The first-order valence-corrected chi connectivity index (χ1v) is 16.0. The molecule has 0 unspecified atom stereocenters. The van der Waals surface area contributed by atoms with Gasteiger partial charge in [-0.2, -0.15) is 4.31 Å². The molecule has 1 aliphatic rings. The van der Waals surface area contributed by atoms with Gasteiger partial charge < -0.3 is 15.0 Å². The third-order valence-corrected chi connectivity index (χ3v) is 10.3. The summed E-state index contributed by atoms with van der Waals surface area (Å²) in [5, 5.41) is 13.0. The Morgan fingerprint density at radius 2 is 1.62 bits per heavy atom. The van der Waals surface area contributed by atoms with Gasteiger partial charge in [-0.05, 0) is 95.0 Å². The minimum absolute atomic E-state index is 0.149. The van der Waals surface area contributed by atoms with Crippen molar-refractivity contribution in [2.24, 2.45) is 5.92 Å². The van der Waals surface area contributed by atoms with Gasteiger partial charge in [0.1, 0.15) is 0 Å². The molecule has 2 N–H and O–H groups in total. The molecule has 1 heterocycles. The van der Waals surface area contributed by atoms with Crippen LogP contribution in [0, 0.1) is 12.8 Å². The minimum Gasteiger partial charge on any atom is -0.389 e. The van der Waals surface area contributed by atoms with Crippen molar-refractivity contribution in [2.75, 3.05) is 13.6 Å². The number of carbonyl (C=O) groups is 1. The van der Waals surface area contributed by atoms with E-state index in [-0.39, 0.29) is 12.5 Å². The highest BCUT2D eigenvalue weighted by atomic mass is 32.2. The van der Waals surface area contributed by atoms with Crippen LogP contribution in [0.4, 0.5) is 0 Å². The standard InChI is InChI=1S/C32H51N3O4S/c1-22-25(29(36)33-21-32(8,9)37)19-27(35(22)20-23-14-12-11-13-15-23)24-16-17-28(26(18-24)30(2,3)4)40(38,39)34(10)31(5,6)7/h16-19,23,37H,11-15,20-21H2,1-10H3,(H,33,36). The topological polar surface area (TPSA) is 91.6 Å². The number of benzene rings is 1. The Kier molecular flexibility index (Phi) is 9.39. The second-order valence-electron chi connectivity index (χ2n) is 14.2. The maximum Gasteiger partial charge on any atom is 0.253 e. The average Bonchev–Trinajstić information content (AvgIpc) is 3.16. The lowest BCUT2D eigenvalue weighted by atomic mass is 9.85. The molecule has 40 heavy (non-hydrogen) atoms. The van der Waals surface area contributed by atoms with Gasteiger partial charge in [-0.15, -0.1) is 0 Å². The molecule has 1 aromatic carbocycles. The third kappa shape index (κ3) is 7.37. The lowest BCUT2D eigenvalue weighted by Crippen LogP contribution is -2.43. The van der Waals surface area contributed by atoms with E-state index in [9.17, 15) is 18.3 Å². The Balaban J connectivity index is 2.17. The number of aliphatic hydroxyl groups is 1. The number of carbonyl (C=O) groups excluding carboxylic acids is 1. The lowest BCUT2D eigenvalue weighted by molar-refractivity contribution is 0.0694. The molecule has 1 aromatic heterocycles. The summed E-state index contributed by atoms with van der Waals surface area (Å²) in [7, 11) is -2.11. The van der Waals surface area contributed by atoms with Crippen LogP contribution in [0.5, 0.6) is 0 Å². The summed E-state index contributed by atoms with van der Waals surface area (Å²) in [4.78, 5) is 13.6. The molecule has 1 fully saturated rings. The van der Waals surface area contributed by atoms with Crippen LogP contribution in [0.2, 0.25) is 0 Å². The summed E-state index contributed by atoms with van der Waals surface area (Å²) in [5.74, 6) is 0.318. The van der Waals surface area contributed by atoms with E-state index in [2.05, 4.69) is 9.88 Å². The molecule has 2 aromatic rings. The van der Waals surface area contributed by atoms with Crippen molar-refractivity contribution >= 4 is 15.9 Å². The van der Waals surface area contributed by atoms with Crippen molar-refractivity contribution < 1.29 is 18.3 Å². The van der Waals surface area contributed by atoms with Gasteiger partial charge in [0.25, 0.3) is 5.91 Å². The van der Waals surface area contributed by atoms with Gasteiger partial charge in [0.15, 0.2) is 0 Å². The van der Waals surface area contributed by atoms with E-state index >= 15 is 0 Å². The minimum atomic E-state index is -3.74. The lowest BCUT2D eigenvalue weighted by Gasteiger charge is -2.33. The normalized spacial score (nSPS) is 16.0. The van der Waals surface area contributed by atoms with E-state index in [4.69, 9.17) is 0 Å². The largest absolute Gasteiger partial charge is 0.389 e. The van der Waals surface area contributed by atoms with Gasteiger partial charge in [0.05, 0.1) is 16.1 Å². The van der Waals surface area contributed by atoms with E-state index < -0.39 is 26.6 Å². The quantitative estimate of drug-likeness (QED) is 0.390. The second kappa shape index (κ2) is 11.6. The van der Waals surface area contributed by atoms with E-state index in [0.29, 0.717) is 16.4 Å². The van der Waals surface area contributed by atoms with Crippen LogP contribution in [0.15, 0.2) is 29.2 Å². The highest BCUT2D eigenvalue weighted by molar-refractivity contribution is 7.89. The number of nitrogens with zero attached hydrogens (tertiary/aromatic N) is 2. The molecule has 0 saturated heterocycles. The van der Waals surface area contributed by atoms with Crippen LogP contribution >= 0.6 is 0 Å². The van der Waals surface area contributed by atoms with Gasteiger partial charge in [0, 0.05) is 37.1 Å². The van der Waals surface area contributed by atoms with Crippen molar-refractivity contribution in [1.82, 2.24) is 14.2 Å². The monoisotopic (exact) mass is 573 g/mol. The predicted molar refractivity (Wildman–Crippen MR) is 163 cm³/mol. The van der Waals surface area contributed by atoms with Gasteiger partial charge >= 0.3 is 0 Å². The molecule has 0 bridgehead atoms. The fourth-order valence-electron chi connectivity index (χ4n) is 5.38. The molecular weight excluding hydrogens is 522 g/mol. The van der Waals surface area contributed by atoms with Crippen molar-refractivity contribution in [3.63, 3.8) is 0 Å². The van der Waals surface area contributed by atoms with Crippen molar-refractivity contribution in [2.45, 2.75) is 122 Å². The maximum absolute atomic E-state index is 13.8. The van der Waals surface area contributed by atoms with E-state index in [1.165, 1.54) is 36.4 Å². The number of nitrogens with one attached hydrogen (secondary N) is 1. The zero-order valence-corrected chi connectivity index (χ0v) is 27.1. The molecule has 3 rings (SSSR count). The molecule has 224 valence electrons. The smallest absolute Gasteiger partial charge is 0.253 e. The number of hydrogen-bond acceptors (Lipinski definition) is 4. The van der Waals surface area contributed by atoms with Gasteiger partial charge in [0.2, 0.25) is 10.0 Å². The zero-order chi connectivity index (χ0) is 30.3. The van der Waals surface area contributed by atoms with Crippen molar-refractivity contribution in [3.05, 3.63) is 41.1 Å². The molecular formula is C32H51N3O4S. The van der Waals surface area contributed by atoms with Crippen LogP contribution in [0.1, 0.15) is 109 Å². The van der Waals surface area contributed by atoms with Gasteiger partial charge in [-0.1, -0.05) is 46.1 Å². The van der Waals surface area contributed by atoms with E-state index in [1.807, 2.05) is 66.7 Å². The van der Waals surface area contributed by atoms with Crippen LogP contribution in [0.3, 0.4) is 0 Å². The number of hydrogen-bond donors (Lipinski definition) is 2. The summed E-state index contributed by atoms with van der Waals surface area (Å²) in [6.07, 6.45) is 6.05. The first-order chi connectivity index (χ1) is 18.2. The van der Waals surface area contributed by atoms with Gasteiger partial charge in [-0.25, -0.2) is 8.42 Å². The highest BCUT2D eigenvalue weighted by Gasteiger charge is 2.35. The fourth-order valence-corrected chi connectivity index (χ4v) is 7.28.